The number of quaternary nitrogens is 2. The first kappa shape index (κ1) is 20.8. The minimum Gasteiger partial charge on any atom is -0.415 e. The summed E-state index contributed by atoms with van der Waals surface area (Å²) in [6, 6.07) is 17.6. The van der Waals surface area contributed by atoms with E-state index < -0.39 is 0 Å². The molecule has 0 unspecified atom stereocenters. The molecule has 1 aliphatic heterocycles. The number of hydrogen-bond donors (Lipinski definition) is 2. The van der Waals surface area contributed by atoms with Crippen molar-refractivity contribution in [2.24, 2.45) is 0 Å². The Morgan fingerprint density at radius 1 is 0.933 bits per heavy atom. The summed E-state index contributed by atoms with van der Waals surface area (Å²) >= 11 is 0. The lowest BCUT2D eigenvalue weighted by Crippen LogP contribution is -3.27. The van der Waals surface area contributed by atoms with Gasteiger partial charge in [0.25, 0.3) is 5.89 Å². The number of aryl methyl sites for hydroxylation is 1. The van der Waals surface area contributed by atoms with E-state index in [4.69, 9.17) is 4.42 Å². The summed E-state index contributed by atoms with van der Waals surface area (Å²) in [5.41, 5.74) is 5.05. The van der Waals surface area contributed by atoms with Crippen molar-refractivity contribution in [3.05, 3.63) is 71.1 Å². The minimum atomic E-state index is 0.225. The number of nitrogens with one attached hydrogen (secondary N) is 2. The zero-order chi connectivity index (χ0) is 21.1. The fourth-order valence-corrected chi connectivity index (χ4v) is 4.32. The van der Waals surface area contributed by atoms with Gasteiger partial charge in [-0.25, -0.2) is 0 Å². The fourth-order valence-electron chi connectivity index (χ4n) is 4.32. The smallest absolute Gasteiger partial charge is 0.274 e. The summed E-state index contributed by atoms with van der Waals surface area (Å²) < 4.78 is 6.04. The third-order valence-corrected chi connectivity index (χ3v) is 6.39. The summed E-state index contributed by atoms with van der Waals surface area (Å²) in [5, 5.41) is 8.66. The lowest BCUT2D eigenvalue weighted by atomic mass is 10.0. The van der Waals surface area contributed by atoms with Crippen LogP contribution < -0.4 is 9.80 Å². The minimum absolute atomic E-state index is 0.225. The molecule has 5 nitrogen and oxygen atoms in total. The van der Waals surface area contributed by atoms with Crippen LogP contribution in [0.5, 0.6) is 0 Å². The maximum absolute atomic E-state index is 6.04. The molecule has 2 N–H and O–H groups in total. The Hall–Kier alpha value is -2.50. The van der Waals surface area contributed by atoms with E-state index in [0.717, 1.165) is 31.1 Å². The van der Waals surface area contributed by atoms with Crippen molar-refractivity contribution in [1.29, 1.82) is 0 Å². The third kappa shape index (κ3) is 4.79. The normalized spacial score (nSPS) is 20.4. The van der Waals surface area contributed by atoms with E-state index in [0.29, 0.717) is 11.8 Å². The molecule has 4 rings (SSSR count). The number of hydrogen-bond acceptors (Lipinski definition) is 3. The Labute approximate surface area is 179 Å². The van der Waals surface area contributed by atoms with Crippen LogP contribution in [0, 0.1) is 6.92 Å². The van der Waals surface area contributed by atoms with Gasteiger partial charge in [-0.3, -0.25) is 0 Å². The molecule has 1 atom stereocenters. The van der Waals surface area contributed by atoms with Crippen molar-refractivity contribution < 1.29 is 14.2 Å². The first-order valence-electron chi connectivity index (χ1n) is 11.2. The van der Waals surface area contributed by atoms with Gasteiger partial charge in [0.05, 0.1) is 0 Å². The van der Waals surface area contributed by atoms with Crippen molar-refractivity contribution in [2.45, 2.75) is 46.2 Å². The van der Waals surface area contributed by atoms with Gasteiger partial charge >= 0.3 is 0 Å². The summed E-state index contributed by atoms with van der Waals surface area (Å²) in [6.45, 7) is 14.5. The highest BCUT2D eigenvalue weighted by Crippen LogP contribution is 2.20. The van der Waals surface area contributed by atoms with E-state index in [-0.39, 0.29) is 6.04 Å². The van der Waals surface area contributed by atoms with E-state index in [1.54, 1.807) is 4.90 Å². The molecule has 3 aromatic rings. The SMILES string of the molecule is Cc1cccc(-c2nnc([C@@H](C)[NH+]3CC[NH+](Cc4ccc(C(C)C)cc4)CC3)o2)c1. The van der Waals surface area contributed by atoms with Gasteiger partial charge in [0.2, 0.25) is 5.89 Å². The molecule has 0 amide bonds. The molecule has 2 aromatic carbocycles. The molecule has 1 saturated heterocycles. The highest BCUT2D eigenvalue weighted by Gasteiger charge is 2.31. The molecule has 1 aliphatic rings. The Morgan fingerprint density at radius 2 is 1.67 bits per heavy atom. The van der Waals surface area contributed by atoms with Crippen molar-refractivity contribution in [3.8, 4) is 11.5 Å². The Kier molecular flexibility index (Phi) is 6.30. The fraction of sp³-hybridized carbons (Fsp3) is 0.440. The topological polar surface area (TPSA) is 47.8 Å². The van der Waals surface area contributed by atoms with Gasteiger partial charge < -0.3 is 14.2 Å². The molecule has 158 valence electrons. The standard InChI is InChI=1S/C25H32N4O/c1-18(2)22-10-8-21(9-11-22)17-28-12-14-29(15-13-28)20(4)24-26-27-25(30-24)23-7-5-6-19(3)16-23/h5-11,16,18,20H,12-15,17H2,1-4H3/p+2/t20-/m1/s1. The van der Waals surface area contributed by atoms with Crippen molar-refractivity contribution in [3.63, 3.8) is 0 Å². The van der Waals surface area contributed by atoms with Crippen LogP contribution in [0.2, 0.25) is 0 Å². The molecule has 2 heterocycles. The molecular formula is C25H34N4O+2. The monoisotopic (exact) mass is 406 g/mol. The number of rotatable bonds is 6. The van der Waals surface area contributed by atoms with E-state index in [9.17, 15) is 0 Å². The molecule has 0 radical (unpaired) electrons. The largest absolute Gasteiger partial charge is 0.415 e. The lowest BCUT2D eigenvalue weighted by molar-refractivity contribution is -1.03. The number of aromatic nitrogens is 2. The second-order valence-corrected chi connectivity index (χ2v) is 9.02. The average Bonchev–Trinajstić information content (AvgIpc) is 3.24. The Bertz CT molecular complexity index is 955. The van der Waals surface area contributed by atoms with E-state index >= 15 is 0 Å². The maximum Gasteiger partial charge on any atom is 0.274 e. The number of benzene rings is 2. The van der Waals surface area contributed by atoms with Gasteiger partial charge in [0, 0.05) is 11.1 Å². The molecule has 0 aliphatic carbocycles. The van der Waals surface area contributed by atoms with Crippen LogP contribution in [-0.2, 0) is 6.54 Å². The highest BCUT2D eigenvalue weighted by atomic mass is 16.4. The van der Waals surface area contributed by atoms with Crippen LogP contribution in [0.3, 0.4) is 0 Å². The van der Waals surface area contributed by atoms with Crippen LogP contribution in [0.15, 0.2) is 52.9 Å². The van der Waals surface area contributed by atoms with Gasteiger partial charge in [-0.05, 0) is 37.5 Å². The van der Waals surface area contributed by atoms with Crippen LogP contribution in [0.25, 0.3) is 11.5 Å². The number of piperazine rings is 1. The summed E-state index contributed by atoms with van der Waals surface area (Å²) in [6.07, 6.45) is 0. The zero-order valence-electron chi connectivity index (χ0n) is 18.6. The van der Waals surface area contributed by atoms with Gasteiger partial charge in [-0.1, -0.05) is 55.8 Å². The second-order valence-electron chi connectivity index (χ2n) is 9.02. The van der Waals surface area contributed by atoms with E-state index in [1.807, 2.05) is 12.1 Å². The van der Waals surface area contributed by atoms with Gasteiger partial charge in [-0.15, -0.1) is 10.2 Å². The Balaban J connectivity index is 1.32. The van der Waals surface area contributed by atoms with Crippen LogP contribution in [-0.4, -0.2) is 36.4 Å². The van der Waals surface area contributed by atoms with Crippen molar-refractivity contribution in [1.82, 2.24) is 10.2 Å². The van der Waals surface area contributed by atoms with Gasteiger partial charge in [0.15, 0.2) is 6.04 Å². The number of nitrogens with zero attached hydrogens (tertiary/aromatic N) is 2. The third-order valence-electron chi connectivity index (χ3n) is 6.39. The second kappa shape index (κ2) is 9.11. The van der Waals surface area contributed by atoms with Gasteiger partial charge in [0.1, 0.15) is 32.7 Å². The van der Waals surface area contributed by atoms with Crippen molar-refractivity contribution in [2.75, 3.05) is 26.2 Å². The van der Waals surface area contributed by atoms with Gasteiger partial charge in [-0.2, -0.15) is 0 Å². The molecule has 0 saturated carbocycles. The zero-order valence-corrected chi connectivity index (χ0v) is 18.6. The highest BCUT2D eigenvalue weighted by molar-refractivity contribution is 5.53. The molecule has 5 heteroatoms. The molecule has 1 aromatic heterocycles. The molecule has 1 fully saturated rings. The van der Waals surface area contributed by atoms with Crippen LogP contribution in [0.4, 0.5) is 0 Å². The maximum atomic E-state index is 6.04. The summed E-state index contributed by atoms with van der Waals surface area (Å²) in [7, 11) is 0. The molecule has 0 bridgehead atoms. The summed E-state index contributed by atoms with van der Waals surface area (Å²) in [4.78, 5) is 3.20. The van der Waals surface area contributed by atoms with E-state index in [1.165, 1.54) is 34.7 Å². The first-order valence-corrected chi connectivity index (χ1v) is 11.2. The molecule has 30 heavy (non-hydrogen) atoms. The average molecular weight is 407 g/mol. The molecule has 0 spiro atoms. The van der Waals surface area contributed by atoms with Crippen LogP contribution in [0.1, 0.15) is 55.3 Å². The van der Waals surface area contributed by atoms with E-state index in [2.05, 4.69) is 74.3 Å². The Morgan fingerprint density at radius 3 is 2.33 bits per heavy atom. The quantitative estimate of drug-likeness (QED) is 0.660. The predicted octanol–water partition coefficient (Wildman–Crippen LogP) is 2.21. The molecular weight excluding hydrogens is 372 g/mol. The van der Waals surface area contributed by atoms with Crippen LogP contribution >= 0.6 is 0 Å². The summed E-state index contributed by atoms with van der Waals surface area (Å²) in [5.74, 6) is 1.96. The van der Waals surface area contributed by atoms with Crippen molar-refractivity contribution >= 4 is 0 Å². The first-order chi connectivity index (χ1) is 14.5. The predicted molar refractivity (Wildman–Crippen MR) is 119 cm³/mol. The lowest BCUT2D eigenvalue weighted by Gasteiger charge is -2.32.